The number of fused-ring (bicyclic) bond motifs is 1. The standard InChI is InChI=1S/C10H9BrOS2/c1-12-9-4-6-3-7(11)5-8(13-2)10(6)14-9/h3-5H,1-2H3. The van der Waals surface area contributed by atoms with Crippen molar-refractivity contribution in [3.05, 3.63) is 22.7 Å². The molecule has 0 N–H and O–H groups in total. The van der Waals surface area contributed by atoms with Crippen LogP contribution >= 0.6 is 39.0 Å². The molecule has 0 bridgehead atoms. The minimum absolute atomic E-state index is 0.966. The maximum absolute atomic E-state index is 5.23. The highest BCUT2D eigenvalue weighted by atomic mass is 79.9. The van der Waals surface area contributed by atoms with Gasteiger partial charge in [0.2, 0.25) is 0 Å². The van der Waals surface area contributed by atoms with Crippen molar-refractivity contribution in [1.82, 2.24) is 0 Å². The Morgan fingerprint density at radius 2 is 2.14 bits per heavy atom. The van der Waals surface area contributed by atoms with Crippen molar-refractivity contribution in [2.24, 2.45) is 0 Å². The molecule has 1 heterocycles. The lowest BCUT2D eigenvalue weighted by Gasteiger charge is -1.98. The Labute approximate surface area is 99.6 Å². The second-order valence-corrected chi connectivity index (χ2v) is 5.57. The van der Waals surface area contributed by atoms with Gasteiger partial charge in [-0.05, 0) is 29.8 Å². The summed E-state index contributed by atoms with van der Waals surface area (Å²) in [4.78, 5) is 1.29. The molecule has 0 aliphatic heterocycles. The molecule has 0 aliphatic carbocycles. The zero-order chi connectivity index (χ0) is 10.1. The molecule has 0 saturated heterocycles. The summed E-state index contributed by atoms with van der Waals surface area (Å²) in [5.74, 6) is 0. The van der Waals surface area contributed by atoms with Gasteiger partial charge >= 0.3 is 0 Å². The second kappa shape index (κ2) is 4.13. The van der Waals surface area contributed by atoms with Crippen LogP contribution in [0.4, 0.5) is 0 Å². The molecule has 0 aliphatic rings. The molecule has 1 aromatic carbocycles. The monoisotopic (exact) mass is 288 g/mol. The number of rotatable bonds is 2. The molecular formula is C10H9BrOS2. The van der Waals surface area contributed by atoms with Gasteiger partial charge in [0, 0.05) is 9.37 Å². The van der Waals surface area contributed by atoms with Crippen molar-refractivity contribution in [2.45, 2.75) is 4.90 Å². The van der Waals surface area contributed by atoms with Crippen LogP contribution in [0.1, 0.15) is 0 Å². The highest BCUT2D eigenvalue weighted by Gasteiger charge is 2.07. The third-order valence-electron chi connectivity index (χ3n) is 1.95. The van der Waals surface area contributed by atoms with Gasteiger partial charge < -0.3 is 4.74 Å². The first-order valence-corrected chi connectivity index (χ1v) is 6.89. The number of thiophene rings is 1. The van der Waals surface area contributed by atoms with E-state index in [1.807, 2.05) is 0 Å². The van der Waals surface area contributed by atoms with Crippen molar-refractivity contribution in [1.29, 1.82) is 0 Å². The van der Waals surface area contributed by atoms with E-state index in [0.29, 0.717) is 0 Å². The van der Waals surface area contributed by atoms with Crippen LogP contribution in [0.25, 0.3) is 10.1 Å². The molecule has 0 atom stereocenters. The fourth-order valence-electron chi connectivity index (χ4n) is 1.31. The average molecular weight is 289 g/mol. The van der Waals surface area contributed by atoms with Crippen LogP contribution in [0.3, 0.4) is 0 Å². The SMILES string of the molecule is COc1cc2cc(Br)cc(SC)c2s1. The third kappa shape index (κ3) is 1.78. The van der Waals surface area contributed by atoms with E-state index in [0.717, 1.165) is 9.54 Å². The van der Waals surface area contributed by atoms with Crippen molar-refractivity contribution in [3.63, 3.8) is 0 Å². The molecule has 0 unspecified atom stereocenters. The van der Waals surface area contributed by atoms with Crippen LogP contribution < -0.4 is 4.74 Å². The zero-order valence-corrected chi connectivity index (χ0v) is 11.1. The maximum atomic E-state index is 5.23. The molecule has 0 spiro atoms. The smallest absolute Gasteiger partial charge is 0.174 e. The second-order valence-electron chi connectivity index (χ2n) is 2.80. The summed E-state index contributed by atoms with van der Waals surface area (Å²) in [5.41, 5.74) is 0. The first kappa shape index (κ1) is 10.3. The van der Waals surface area contributed by atoms with Gasteiger partial charge in [-0.15, -0.1) is 11.8 Å². The summed E-state index contributed by atoms with van der Waals surface area (Å²) in [6, 6.07) is 6.33. The minimum atomic E-state index is 0.966. The van der Waals surface area contributed by atoms with Crippen molar-refractivity contribution in [3.8, 4) is 5.06 Å². The van der Waals surface area contributed by atoms with E-state index in [4.69, 9.17) is 4.74 Å². The van der Waals surface area contributed by atoms with Gasteiger partial charge in [0.15, 0.2) is 5.06 Å². The van der Waals surface area contributed by atoms with E-state index in [9.17, 15) is 0 Å². The molecule has 1 nitrogen and oxygen atoms in total. The molecule has 0 radical (unpaired) electrons. The fraction of sp³-hybridized carbons (Fsp3) is 0.200. The van der Waals surface area contributed by atoms with Crippen molar-refractivity contribution in [2.75, 3.05) is 13.4 Å². The molecule has 14 heavy (non-hydrogen) atoms. The van der Waals surface area contributed by atoms with Gasteiger partial charge in [0.25, 0.3) is 0 Å². The molecule has 74 valence electrons. The lowest BCUT2D eigenvalue weighted by atomic mass is 10.3. The highest BCUT2D eigenvalue weighted by Crippen LogP contribution is 2.39. The highest BCUT2D eigenvalue weighted by molar-refractivity contribution is 9.10. The fourth-order valence-corrected chi connectivity index (χ4v) is 3.73. The van der Waals surface area contributed by atoms with Crippen LogP contribution in [0.2, 0.25) is 0 Å². The Morgan fingerprint density at radius 1 is 1.36 bits per heavy atom. The quantitative estimate of drug-likeness (QED) is 0.758. The Kier molecular flexibility index (Phi) is 3.04. The van der Waals surface area contributed by atoms with Crippen LogP contribution in [0, 0.1) is 0 Å². The Balaban J connectivity index is 2.71. The zero-order valence-electron chi connectivity index (χ0n) is 7.83. The van der Waals surface area contributed by atoms with E-state index < -0.39 is 0 Å². The van der Waals surface area contributed by atoms with Gasteiger partial charge in [0.05, 0.1) is 11.8 Å². The maximum Gasteiger partial charge on any atom is 0.174 e. The molecule has 2 aromatic rings. The molecule has 1 aromatic heterocycles. The van der Waals surface area contributed by atoms with E-state index in [1.54, 1.807) is 30.2 Å². The van der Waals surface area contributed by atoms with E-state index in [2.05, 4.69) is 40.4 Å². The normalized spacial score (nSPS) is 10.8. The van der Waals surface area contributed by atoms with Gasteiger partial charge in [-0.2, -0.15) is 0 Å². The summed E-state index contributed by atoms with van der Waals surface area (Å²) < 4.78 is 7.66. The first-order valence-electron chi connectivity index (χ1n) is 4.05. The number of halogens is 1. The summed E-state index contributed by atoms with van der Waals surface area (Å²) >= 11 is 6.96. The van der Waals surface area contributed by atoms with Gasteiger partial charge in [-0.1, -0.05) is 27.3 Å². The Hall–Kier alpha value is -0.190. The minimum Gasteiger partial charge on any atom is -0.487 e. The molecular weight excluding hydrogens is 280 g/mol. The number of hydrogen-bond acceptors (Lipinski definition) is 3. The molecule has 4 heteroatoms. The lowest BCUT2D eigenvalue weighted by molar-refractivity contribution is 0.427. The molecule has 2 rings (SSSR count). The number of hydrogen-bond donors (Lipinski definition) is 0. The number of benzene rings is 1. The Morgan fingerprint density at radius 3 is 2.79 bits per heavy atom. The predicted molar refractivity (Wildman–Crippen MR) is 67.9 cm³/mol. The Bertz CT molecular complexity index is 464. The van der Waals surface area contributed by atoms with Crippen molar-refractivity contribution < 1.29 is 4.74 Å². The number of methoxy groups -OCH3 is 1. The molecule has 0 amide bonds. The third-order valence-corrected chi connectivity index (χ3v) is 4.44. The van der Waals surface area contributed by atoms with Gasteiger partial charge in [-0.3, -0.25) is 0 Å². The van der Waals surface area contributed by atoms with Crippen molar-refractivity contribution >= 4 is 49.1 Å². The first-order chi connectivity index (χ1) is 6.74. The van der Waals surface area contributed by atoms with E-state index >= 15 is 0 Å². The topological polar surface area (TPSA) is 9.23 Å². The predicted octanol–water partition coefficient (Wildman–Crippen LogP) is 4.39. The van der Waals surface area contributed by atoms with E-state index in [1.165, 1.54) is 15.0 Å². The van der Waals surface area contributed by atoms with Crippen LogP contribution in [-0.4, -0.2) is 13.4 Å². The summed E-state index contributed by atoms with van der Waals surface area (Å²) in [5, 5.41) is 2.21. The largest absolute Gasteiger partial charge is 0.487 e. The van der Waals surface area contributed by atoms with Crippen LogP contribution in [0.5, 0.6) is 5.06 Å². The lowest BCUT2D eigenvalue weighted by Crippen LogP contribution is -1.73. The number of thioether (sulfide) groups is 1. The van der Waals surface area contributed by atoms with Crippen LogP contribution in [0.15, 0.2) is 27.6 Å². The van der Waals surface area contributed by atoms with Crippen LogP contribution in [-0.2, 0) is 0 Å². The van der Waals surface area contributed by atoms with E-state index in [-0.39, 0.29) is 0 Å². The molecule has 0 fully saturated rings. The van der Waals surface area contributed by atoms with Gasteiger partial charge in [-0.25, -0.2) is 0 Å². The summed E-state index contributed by atoms with van der Waals surface area (Å²) in [6.07, 6.45) is 2.09. The number of ether oxygens (including phenoxy) is 1. The summed E-state index contributed by atoms with van der Waals surface area (Å²) in [7, 11) is 1.71. The average Bonchev–Trinajstić information content (AvgIpc) is 2.59. The summed E-state index contributed by atoms with van der Waals surface area (Å²) in [6.45, 7) is 0. The molecule has 0 saturated carbocycles. The van der Waals surface area contributed by atoms with Gasteiger partial charge in [0.1, 0.15) is 0 Å².